The van der Waals surface area contributed by atoms with E-state index in [1.807, 2.05) is 23.1 Å². The van der Waals surface area contributed by atoms with Gasteiger partial charge in [-0.3, -0.25) is 0 Å². The minimum atomic E-state index is -0.249. The first-order valence-electron chi connectivity index (χ1n) is 10.8. The lowest BCUT2D eigenvalue weighted by atomic mass is 9.96. The zero-order valence-corrected chi connectivity index (χ0v) is 17.2. The third kappa shape index (κ3) is 5.51. The smallest absolute Gasteiger partial charge is 0.318 e. The van der Waals surface area contributed by atoms with Gasteiger partial charge in [-0.2, -0.15) is 0 Å². The lowest BCUT2D eigenvalue weighted by Gasteiger charge is -2.27. The van der Waals surface area contributed by atoms with Gasteiger partial charge in [-0.1, -0.05) is 37.5 Å². The van der Waals surface area contributed by atoms with Gasteiger partial charge in [0.1, 0.15) is 18.2 Å². The molecule has 0 radical (unpaired) electrons. The Balaban J connectivity index is 1.34. The van der Waals surface area contributed by atoms with Crippen LogP contribution in [0.5, 0.6) is 5.75 Å². The minimum Gasteiger partial charge on any atom is -0.491 e. The molecule has 2 aliphatic rings. The van der Waals surface area contributed by atoms with Crippen LogP contribution in [-0.4, -0.2) is 30.1 Å². The largest absolute Gasteiger partial charge is 0.491 e. The number of nitrogens with one attached hydrogen (secondary N) is 1. The van der Waals surface area contributed by atoms with Gasteiger partial charge in [-0.25, -0.2) is 9.18 Å². The van der Waals surface area contributed by atoms with E-state index in [0.29, 0.717) is 39.0 Å². The molecule has 1 saturated carbocycles. The number of carbonyl (C=O) groups is 1. The summed E-state index contributed by atoms with van der Waals surface area (Å²) in [4.78, 5) is 14.6. The highest BCUT2D eigenvalue weighted by Crippen LogP contribution is 2.25. The Morgan fingerprint density at radius 3 is 2.60 bits per heavy atom. The van der Waals surface area contributed by atoms with Gasteiger partial charge in [-0.05, 0) is 48.2 Å². The van der Waals surface area contributed by atoms with Crippen molar-refractivity contribution in [3.05, 3.63) is 65.0 Å². The Labute approximate surface area is 177 Å². The summed E-state index contributed by atoms with van der Waals surface area (Å²) in [7, 11) is 0. The van der Waals surface area contributed by atoms with Gasteiger partial charge < -0.3 is 19.7 Å². The van der Waals surface area contributed by atoms with Crippen molar-refractivity contribution >= 4 is 6.03 Å². The number of hydrogen-bond donors (Lipinski definition) is 1. The van der Waals surface area contributed by atoms with Gasteiger partial charge in [0, 0.05) is 11.6 Å². The van der Waals surface area contributed by atoms with E-state index in [9.17, 15) is 9.18 Å². The maximum absolute atomic E-state index is 13.0. The molecule has 4 rings (SSSR count). The van der Waals surface area contributed by atoms with Gasteiger partial charge in [0.05, 0.1) is 26.3 Å². The van der Waals surface area contributed by atoms with E-state index in [-0.39, 0.29) is 11.8 Å². The van der Waals surface area contributed by atoms with E-state index >= 15 is 0 Å². The normalized spacial score (nSPS) is 17.0. The van der Waals surface area contributed by atoms with Crippen LogP contribution in [0.4, 0.5) is 9.18 Å². The topological polar surface area (TPSA) is 50.8 Å². The van der Waals surface area contributed by atoms with Crippen molar-refractivity contribution in [2.75, 3.05) is 13.2 Å². The number of halogens is 1. The van der Waals surface area contributed by atoms with Crippen LogP contribution in [0.25, 0.3) is 0 Å². The number of benzene rings is 2. The maximum Gasteiger partial charge on any atom is 0.318 e. The number of amides is 2. The van der Waals surface area contributed by atoms with E-state index < -0.39 is 0 Å². The SMILES string of the molecule is O=C(NC1CCCCC1)N1CCOc2ccc(COCc3ccc(F)cc3)cc2C1. The molecular weight excluding hydrogens is 383 g/mol. The number of urea groups is 1. The van der Waals surface area contributed by atoms with E-state index in [0.717, 1.165) is 35.3 Å². The molecule has 2 aromatic carbocycles. The van der Waals surface area contributed by atoms with Crippen molar-refractivity contribution in [1.82, 2.24) is 10.2 Å². The van der Waals surface area contributed by atoms with Crippen molar-refractivity contribution in [2.24, 2.45) is 0 Å². The molecule has 0 unspecified atom stereocenters. The summed E-state index contributed by atoms with van der Waals surface area (Å²) < 4.78 is 24.6. The summed E-state index contributed by atoms with van der Waals surface area (Å²) in [5.74, 6) is 0.576. The first-order chi connectivity index (χ1) is 14.7. The second-order valence-electron chi connectivity index (χ2n) is 8.12. The van der Waals surface area contributed by atoms with Gasteiger partial charge in [0.15, 0.2) is 0 Å². The number of ether oxygens (including phenoxy) is 2. The van der Waals surface area contributed by atoms with Crippen molar-refractivity contribution in [3.63, 3.8) is 0 Å². The molecule has 160 valence electrons. The third-order valence-corrected chi connectivity index (χ3v) is 5.78. The monoisotopic (exact) mass is 412 g/mol. The zero-order chi connectivity index (χ0) is 20.8. The number of carbonyl (C=O) groups excluding carboxylic acids is 1. The van der Waals surface area contributed by atoms with Crippen LogP contribution in [0.15, 0.2) is 42.5 Å². The lowest BCUT2D eigenvalue weighted by molar-refractivity contribution is 0.107. The number of rotatable bonds is 5. The molecule has 1 heterocycles. The predicted octanol–water partition coefficient (Wildman–Crippen LogP) is 4.78. The minimum absolute atomic E-state index is 0.00341. The summed E-state index contributed by atoms with van der Waals surface area (Å²) in [6, 6.07) is 12.6. The van der Waals surface area contributed by atoms with E-state index in [1.54, 1.807) is 12.1 Å². The molecule has 5 nitrogen and oxygen atoms in total. The Hall–Kier alpha value is -2.60. The summed E-state index contributed by atoms with van der Waals surface area (Å²) in [6.07, 6.45) is 5.80. The summed E-state index contributed by atoms with van der Waals surface area (Å²) in [5, 5.41) is 3.20. The van der Waals surface area contributed by atoms with Crippen molar-refractivity contribution in [2.45, 2.75) is 57.9 Å². The van der Waals surface area contributed by atoms with Gasteiger partial charge in [0.2, 0.25) is 0 Å². The molecule has 0 spiro atoms. The fourth-order valence-electron chi connectivity index (χ4n) is 4.09. The highest BCUT2D eigenvalue weighted by Gasteiger charge is 2.23. The van der Waals surface area contributed by atoms with E-state index in [1.165, 1.54) is 31.4 Å². The highest BCUT2D eigenvalue weighted by atomic mass is 19.1. The molecule has 1 N–H and O–H groups in total. The van der Waals surface area contributed by atoms with Crippen LogP contribution in [-0.2, 0) is 24.5 Å². The van der Waals surface area contributed by atoms with E-state index in [2.05, 4.69) is 5.32 Å². The molecule has 6 heteroatoms. The predicted molar refractivity (Wildman–Crippen MR) is 113 cm³/mol. The standard InChI is InChI=1S/C24H29FN2O3/c25-21-9-6-18(7-10-21)16-29-17-19-8-11-23-20(14-19)15-27(12-13-30-23)24(28)26-22-4-2-1-3-5-22/h6-11,14,22H,1-5,12-13,15-17H2,(H,26,28). The molecule has 30 heavy (non-hydrogen) atoms. The average molecular weight is 413 g/mol. The molecule has 2 aromatic rings. The van der Waals surface area contributed by atoms with Crippen LogP contribution >= 0.6 is 0 Å². The molecule has 0 atom stereocenters. The molecule has 0 bridgehead atoms. The van der Waals surface area contributed by atoms with E-state index in [4.69, 9.17) is 9.47 Å². The molecule has 0 aromatic heterocycles. The van der Waals surface area contributed by atoms with Crippen LogP contribution in [0.3, 0.4) is 0 Å². The number of nitrogens with zero attached hydrogens (tertiary/aromatic N) is 1. The van der Waals surface area contributed by atoms with Crippen LogP contribution < -0.4 is 10.1 Å². The summed E-state index contributed by atoms with van der Waals surface area (Å²) in [5.41, 5.74) is 2.95. The second kappa shape index (κ2) is 9.94. The fourth-order valence-corrected chi connectivity index (χ4v) is 4.09. The Bertz CT molecular complexity index is 850. The van der Waals surface area contributed by atoms with Crippen LogP contribution in [0, 0.1) is 5.82 Å². The summed E-state index contributed by atoms with van der Waals surface area (Å²) >= 11 is 0. The maximum atomic E-state index is 13.0. The Morgan fingerprint density at radius 1 is 1.07 bits per heavy atom. The molecule has 1 fully saturated rings. The van der Waals surface area contributed by atoms with Gasteiger partial charge in [0.25, 0.3) is 0 Å². The second-order valence-corrected chi connectivity index (χ2v) is 8.12. The molecule has 0 saturated heterocycles. The third-order valence-electron chi connectivity index (χ3n) is 5.78. The number of hydrogen-bond acceptors (Lipinski definition) is 3. The first-order valence-corrected chi connectivity index (χ1v) is 10.8. The lowest BCUT2D eigenvalue weighted by Crippen LogP contribution is -2.45. The van der Waals surface area contributed by atoms with Gasteiger partial charge >= 0.3 is 6.03 Å². The quantitative estimate of drug-likeness (QED) is 0.769. The van der Waals surface area contributed by atoms with Crippen molar-refractivity contribution in [1.29, 1.82) is 0 Å². The van der Waals surface area contributed by atoms with Crippen LogP contribution in [0.2, 0.25) is 0 Å². The van der Waals surface area contributed by atoms with Crippen LogP contribution in [0.1, 0.15) is 48.8 Å². The first kappa shape index (κ1) is 20.7. The molecule has 1 aliphatic heterocycles. The highest BCUT2D eigenvalue weighted by molar-refractivity contribution is 5.74. The van der Waals surface area contributed by atoms with Gasteiger partial charge in [-0.15, -0.1) is 0 Å². The van der Waals surface area contributed by atoms with Crippen molar-refractivity contribution in [3.8, 4) is 5.75 Å². The molecule has 1 aliphatic carbocycles. The Kier molecular flexibility index (Phi) is 6.84. The average Bonchev–Trinajstić information content (AvgIpc) is 2.98. The fraction of sp³-hybridized carbons (Fsp3) is 0.458. The Morgan fingerprint density at radius 2 is 1.80 bits per heavy atom. The molecular formula is C24H29FN2O3. The zero-order valence-electron chi connectivity index (χ0n) is 17.2. The van der Waals surface area contributed by atoms with Crippen molar-refractivity contribution < 1.29 is 18.7 Å². The number of fused-ring (bicyclic) bond motifs is 1. The summed E-state index contributed by atoms with van der Waals surface area (Å²) in [6.45, 7) is 2.46. The molecule has 2 amide bonds.